The molecule has 2 aromatic heterocycles. The number of fused-ring (bicyclic) bond motifs is 1. The maximum atomic E-state index is 8.94. The zero-order valence-corrected chi connectivity index (χ0v) is 11.2. The van der Waals surface area contributed by atoms with Crippen LogP contribution in [0.2, 0.25) is 0 Å². The van der Waals surface area contributed by atoms with Crippen molar-refractivity contribution >= 4 is 22.9 Å². The maximum absolute atomic E-state index is 8.94. The van der Waals surface area contributed by atoms with E-state index in [2.05, 4.69) is 14.5 Å². The maximum Gasteiger partial charge on any atom is 0.146 e. The summed E-state index contributed by atoms with van der Waals surface area (Å²) in [6, 6.07) is 0.427. The minimum atomic E-state index is -0.00105. The highest BCUT2D eigenvalue weighted by molar-refractivity contribution is 5.94. The van der Waals surface area contributed by atoms with Gasteiger partial charge in [0.1, 0.15) is 17.8 Å². The van der Waals surface area contributed by atoms with Crippen molar-refractivity contribution in [2.45, 2.75) is 18.9 Å². The molecule has 2 aromatic rings. The van der Waals surface area contributed by atoms with Crippen molar-refractivity contribution < 1.29 is 5.11 Å². The lowest BCUT2D eigenvalue weighted by Gasteiger charge is -2.35. The Labute approximate surface area is 117 Å². The van der Waals surface area contributed by atoms with Crippen LogP contribution in [0.5, 0.6) is 0 Å². The largest absolute Gasteiger partial charge is 0.392 e. The van der Waals surface area contributed by atoms with Gasteiger partial charge in [0.2, 0.25) is 0 Å². The first-order valence-electron chi connectivity index (χ1n) is 6.83. The van der Waals surface area contributed by atoms with Gasteiger partial charge in [0, 0.05) is 17.8 Å². The first kappa shape index (κ1) is 13.1. The fourth-order valence-corrected chi connectivity index (χ4v) is 2.84. The van der Waals surface area contributed by atoms with E-state index in [1.165, 1.54) is 6.33 Å². The van der Waals surface area contributed by atoms with Gasteiger partial charge in [-0.3, -0.25) is 0 Å². The van der Waals surface area contributed by atoms with Gasteiger partial charge in [0.15, 0.2) is 0 Å². The molecule has 1 aliphatic rings. The van der Waals surface area contributed by atoms with E-state index in [1.54, 1.807) is 6.08 Å². The van der Waals surface area contributed by atoms with Gasteiger partial charge in [-0.25, -0.2) is 9.97 Å². The summed E-state index contributed by atoms with van der Waals surface area (Å²) in [6.07, 6.45) is 9.24. The van der Waals surface area contributed by atoms with Gasteiger partial charge in [-0.15, -0.1) is 0 Å². The molecule has 0 unspecified atom stereocenters. The molecule has 1 fully saturated rings. The third-order valence-corrected chi connectivity index (χ3v) is 4.01. The van der Waals surface area contributed by atoms with Crippen LogP contribution in [0, 0.1) is 5.92 Å². The molecule has 0 saturated heterocycles. The normalized spacial score (nSPS) is 22.5. The number of rotatable bonds is 4. The molecule has 2 heterocycles. The van der Waals surface area contributed by atoms with Crippen molar-refractivity contribution in [3.63, 3.8) is 0 Å². The number of nitrogens with zero attached hydrogens (tertiary/aromatic N) is 3. The number of aromatic nitrogens is 3. The van der Waals surface area contributed by atoms with Gasteiger partial charge >= 0.3 is 0 Å². The summed E-state index contributed by atoms with van der Waals surface area (Å²) in [7, 11) is 0. The number of aliphatic hydroxyl groups excluding tert-OH is 1. The van der Waals surface area contributed by atoms with E-state index in [0.717, 1.165) is 36.0 Å². The van der Waals surface area contributed by atoms with Gasteiger partial charge in [-0.1, -0.05) is 12.2 Å². The molecule has 5 N–H and O–H groups in total. The zero-order valence-electron chi connectivity index (χ0n) is 11.2. The van der Waals surface area contributed by atoms with Crippen LogP contribution in [0.3, 0.4) is 0 Å². The number of aliphatic hydroxyl groups is 1. The second-order valence-electron chi connectivity index (χ2n) is 5.26. The Morgan fingerprint density at radius 3 is 2.90 bits per heavy atom. The Bertz CT molecular complexity index is 642. The fraction of sp³-hybridized carbons (Fsp3) is 0.429. The summed E-state index contributed by atoms with van der Waals surface area (Å²) in [6.45, 7) is 0.739. The molecular formula is C14H19N5O. The highest BCUT2D eigenvalue weighted by Crippen LogP contribution is 2.40. The van der Waals surface area contributed by atoms with E-state index >= 15 is 0 Å². The van der Waals surface area contributed by atoms with E-state index in [9.17, 15) is 0 Å². The van der Waals surface area contributed by atoms with Crippen molar-refractivity contribution in [3.05, 3.63) is 24.2 Å². The molecule has 1 aliphatic carbocycles. The minimum Gasteiger partial charge on any atom is -0.392 e. The Balaban J connectivity index is 2.05. The molecule has 0 radical (unpaired) electrons. The van der Waals surface area contributed by atoms with Crippen molar-refractivity contribution in [3.8, 4) is 0 Å². The zero-order chi connectivity index (χ0) is 14.1. The van der Waals surface area contributed by atoms with Crippen LogP contribution in [0.4, 0.5) is 5.82 Å². The summed E-state index contributed by atoms with van der Waals surface area (Å²) in [4.78, 5) is 8.43. The van der Waals surface area contributed by atoms with E-state index in [1.807, 2.05) is 12.3 Å². The average Bonchev–Trinajstić information content (AvgIpc) is 2.76. The Hall–Kier alpha value is -1.92. The second kappa shape index (κ2) is 5.22. The summed E-state index contributed by atoms with van der Waals surface area (Å²) in [5, 5.41) is 9.79. The predicted molar refractivity (Wildman–Crippen MR) is 78.9 cm³/mol. The van der Waals surface area contributed by atoms with Crippen molar-refractivity contribution in [1.82, 2.24) is 14.5 Å². The third-order valence-electron chi connectivity index (χ3n) is 4.01. The molecule has 1 saturated carbocycles. The Kier molecular flexibility index (Phi) is 3.42. The number of hydrogen-bond acceptors (Lipinski definition) is 5. The van der Waals surface area contributed by atoms with Crippen molar-refractivity contribution in [1.29, 1.82) is 0 Å². The van der Waals surface area contributed by atoms with Crippen LogP contribution >= 0.6 is 0 Å². The molecule has 0 atom stereocenters. The summed E-state index contributed by atoms with van der Waals surface area (Å²) >= 11 is 0. The van der Waals surface area contributed by atoms with E-state index in [4.69, 9.17) is 16.6 Å². The lowest BCUT2D eigenvalue weighted by Crippen LogP contribution is -2.31. The molecule has 0 bridgehead atoms. The lowest BCUT2D eigenvalue weighted by atomic mass is 9.80. The second-order valence-corrected chi connectivity index (χ2v) is 5.26. The lowest BCUT2D eigenvalue weighted by molar-refractivity contribution is 0.208. The molecule has 0 amide bonds. The van der Waals surface area contributed by atoms with Crippen LogP contribution in [-0.4, -0.2) is 32.8 Å². The molecule has 0 aliphatic heterocycles. The quantitative estimate of drug-likeness (QED) is 0.769. The predicted octanol–water partition coefficient (Wildman–Crippen LogP) is 0.929. The Morgan fingerprint density at radius 2 is 2.20 bits per heavy atom. The third kappa shape index (κ3) is 2.07. The fourth-order valence-electron chi connectivity index (χ4n) is 2.84. The average molecular weight is 273 g/mol. The standard InChI is InChI=1S/C14H19N5O/c15-6-9-4-11(5-9)19-7-10(2-1-3-20)12-13(16)17-8-18-14(12)19/h1-2,7-9,11,20H,3-6,15H2,(H2,16,17,18). The summed E-state index contributed by atoms with van der Waals surface area (Å²) in [5.41, 5.74) is 13.5. The van der Waals surface area contributed by atoms with Crippen LogP contribution < -0.4 is 11.5 Å². The monoisotopic (exact) mass is 273 g/mol. The van der Waals surface area contributed by atoms with Crippen LogP contribution in [-0.2, 0) is 0 Å². The van der Waals surface area contributed by atoms with Crippen molar-refractivity contribution in [2.24, 2.45) is 11.7 Å². The number of nitrogen functional groups attached to an aromatic ring is 1. The van der Waals surface area contributed by atoms with Crippen LogP contribution in [0.1, 0.15) is 24.4 Å². The highest BCUT2D eigenvalue weighted by Gasteiger charge is 2.31. The van der Waals surface area contributed by atoms with Crippen molar-refractivity contribution in [2.75, 3.05) is 18.9 Å². The first-order chi connectivity index (χ1) is 9.74. The van der Waals surface area contributed by atoms with Gasteiger partial charge < -0.3 is 21.1 Å². The van der Waals surface area contributed by atoms with Crippen LogP contribution in [0.15, 0.2) is 18.6 Å². The number of anilines is 1. The highest BCUT2D eigenvalue weighted by atomic mass is 16.2. The van der Waals surface area contributed by atoms with Gasteiger partial charge in [-0.2, -0.15) is 0 Å². The summed E-state index contributed by atoms with van der Waals surface area (Å²) < 4.78 is 2.16. The smallest absolute Gasteiger partial charge is 0.146 e. The molecule has 3 rings (SSSR count). The van der Waals surface area contributed by atoms with E-state index in [-0.39, 0.29) is 6.61 Å². The molecule has 6 nitrogen and oxygen atoms in total. The molecule has 0 spiro atoms. The molecule has 6 heteroatoms. The molecular weight excluding hydrogens is 254 g/mol. The number of hydrogen-bond donors (Lipinski definition) is 3. The molecule has 106 valence electrons. The van der Waals surface area contributed by atoms with Gasteiger partial charge in [0.25, 0.3) is 0 Å². The van der Waals surface area contributed by atoms with Gasteiger partial charge in [-0.05, 0) is 25.3 Å². The minimum absolute atomic E-state index is 0.00105. The molecule has 20 heavy (non-hydrogen) atoms. The first-order valence-corrected chi connectivity index (χ1v) is 6.83. The SMILES string of the molecule is NCC1CC(n2cc(C=CCO)c3c(N)ncnc32)C1. The van der Waals surface area contributed by atoms with Gasteiger partial charge in [0.05, 0.1) is 12.0 Å². The van der Waals surface area contributed by atoms with Crippen LogP contribution in [0.25, 0.3) is 17.1 Å². The topological polar surface area (TPSA) is 103 Å². The number of nitrogens with two attached hydrogens (primary N) is 2. The summed E-state index contributed by atoms with van der Waals surface area (Å²) in [5.74, 6) is 1.08. The van der Waals surface area contributed by atoms with E-state index in [0.29, 0.717) is 17.8 Å². The Morgan fingerprint density at radius 1 is 1.40 bits per heavy atom. The molecule has 0 aromatic carbocycles. The van der Waals surface area contributed by atoms with E-state index < -0.39 is 0 Å².